The molecule has 1 aromatic rings. The molecule has 1 aromatic carbocycles. The maximum absolute atomic E-state index is 13.1. The van der Waals surface area contributed by atoms with Gasteiger partial charge in [-0.05, 0) is 30.5 Å². The first-order chi connectivity index (χ1) is 9.04. The lowest BCUT2D eigenvalue weighted by Crippen LogP contribution is -2.35. The molecule has 1 aliphatic rings. The molecule has 0 bridgehead atoms. The fraction of sp³-hybridized carbons (Fsp3) is 0.600. The van der Waals surface area contributed by atoms with Crippen molar-refractivity contribution in [2.45, 2.75) is 38.9 Å². The van der Waals surface area contributed by atoms with E-state index in [1.165, 1.54) is 12.1 Å². The minimum atomic E-state index is -0.318. The maximum atomic E-state index is 13.1. The summed E-state index contributed by atoms with van der Waals surface area (Å²) >= 11 is 0. The zero-order valence-electron chi connectivity index (χ0n) is 11.5. The number of nitrogens with one attached hydrogen (secondary N) is 1. The Kier molecular flexibility index (Phi) is 4.77. The molecule has 0 spiro atoms. The number of aliphatic hydroxyl groups is 1. The number of hydrogen-bond acceptors (Lipinski definition) is 3. The van der Waals surface area contributed by atoms with Gasteiger partial charge in [0.1, 0.15) is 17.7 Å². The molecule has 19 heavy (non-hydrogen) atoms. The van der Waals surface area contributed by atoms with Gasteiger partial charge in [-0.1, -0.05) is 13.8 Å². The van der Waals surface area contributed by atoms with Crippen LogP contribution in [0.3, 0.4) is 0 Å². The highest BCUT2D eigenvalue weighted by molar-refractivity contribution is 5.37. The quantitative estimate of drug-likeness (QED) is 0.829. The first-order valence-corrected chi connectivity index (χ1v) is 6.88. The van der Waals surface area contributed by atoms with Crippen LogP contribution >= 0.6 is 0 Å². The molecule has 4 heteroatoms. The second kappa shape index (κ2) is 6.35. The molecule has 0 amide bonds. The molecular formula is C15H22FNO2. The molecule has 2 unspecified atom stereocenters. The summed E-state index contributed by atoms with van der Waals surface area (Å²) in [6.07, 6.45) is 1.23. The number of hydrogen-bond donors (Lipinski definition) is 2. The predicted octanol–water partition coefficient (Wildman–Crippen LogP) is 2.13. The van der Waals surface area contributed by atoms with E-state index in [9.17, 15) is 9.50 Å². The van der Waals surface area contributed by atoms with Crippen LogP contribution < -0.4 is 10.1 Å². The Hall–Kier alpha value is -1.13. The number of fused-ring (bicyclic) bond motifs is 1. The summed E-state index contributed by atoms with van der Waals surface area (Å²) < 4.78 is 18.8. The van der Waals surface area contributed by atoms with Crippen LogP contribution in [0.15, 0.2) is 18.2 Å². The zero-order valence-corrected chi connectivity index (χ0v) is 11.5. The van der Waals surface area contributed by atoms with Crippen molar-refractivity contribution in [3.63, 3.8) is 0 Å². The third-order valence-electron chi connectivity index (χ3n) is 3.26. The number of benzene rings is 1. The second-order valence-electron chi connectivity index (χ2n) is 5.64. The van der Waals surface area contributed by atoms with Crippen molar-refractivity contribution in [2.75, 3.05) is 13.1 Å². The van der Waals surface area contributed by atoms with Gasteiger partial charge in [-0.2, -0.15) is 0 Å². The van der Waals surface area contributed by atoms with Crippen LogP contribution in [0.4, 0.5) is 4.39 Å². The number of halogens is 1. The van der Waals surface area contributed by atoms with Gasteiger partial charge in [-0.15, -0.1) is 0 Å². The van der Waals surface area contributed by atoms with Gasteiger partial charge < -0.3 is 15.2 Å². The van der Waals surface area contributed by atoms with E-state index >= 15 is 0 Å². The minimum Gasteiger partial charge on any atom is -0.488 e. The van der Waals surface area contributed by atoms with Gasteiger partial charge in [0.05, 0.1) is 6.10 Å². The van der Waals surface area contributed by atoms with Gasteiger partial charge in [0.2, 0.25) is 0 Å². The Labute approximate surface area is 113 Å². The summed E-state index contributed by atoms with van der Waals surface area (Å²) in [6.45, 7) is 5.43. The molecule has 1 heterocycles. The molecule has 0 saturated heterocycles. The Morgan fingerprint density at radius 2 is 2.26 bits per heavy atom. The van der Waals surface area contributed by atoms with Crippen molar-refractivity contribution >= 4 is 0 Å². The van der Waals surface area contributed by atoms with Crippen LogP contribution in [0.2, 0.25) is 0 Å². The number of ether oxygens (including phenoxy) is 1. The third kappa shape index (κ3) is 4.18. The van der Waals surface area contributed by atoms with Crippen molar-refractivity contribution in [2.24, 2.45) is 5.92 Å². The number of rotatable bonds is 6. The smallest absolute Gasteiger partial charge is 0.123 e. The molecule has 0 aromatic heterocycles. The van der Waals surface area contributed by atoms with Gasteiger partial charge in [0.25, 0.3) is 0 Å². The average molecular weight is 267 g/mol. The van der Waals surface area contributed by atoms with Gasteiger partial charge in [0.15, 0.2) is 0 Å². The Morgan fingerprint density at radius 1 is 1.47 bits per heavy atom. The highest BCUT2D eigenvalue weighted by atomic mass is 19.1. The molecule has 1 aliphatic heterocycles. The molecule has 106 valence electrons. The predicted molar refractivity (Wildman–Crippen MR) is 72.9 cm³/mol. The second-order valence-corrected chi connectivity index (χ2v) is 5.64. The van der Waals surface area contributed by atoms with Gasteiger partial charge in [-0.3, -0.25) is 0 Å². The van der Waals surface area contributed by atoms with Crippen molar-refractivity contribution in [1.82, 2.24) is 5.32 Å². The number of aliphatic hydroxyl groups excluding tert-OH is 1. The van der Waals surface area contributed by atoms with Gasteiger partial charge >= 0.3 is 0 Å². The lowest BCUT2D eigenvalue weighted by molar-refractivity contribution is 0.140. The largest absolute Gasteiger partial charge is 0.488 e. The Balaban J connectivity index is 1.72. The lowest BCUT2D eigenvalue weighted by Gasteiger charge is -2.16. The molecule has 3 nitrogen and oxygen atoms in total. The van der Waals surface area contributed by atoms with Crippen LogP contribution in [0.1, 0.15) is 25.8 Å². The normalized spacial score (nSPS) is 19.3. The van der Waals surface area contributed by atoms with E-state index in [4.69, 9.17) is 4.74 Å². The Bertz CT molecular complexity index is 423. The average Bonchev–Trinajstić information content (AvgIpc) is 2.69. The zero-order chi connectivity index (χ0) is 13.8. The highest BCUT2D eigenvalue weighted by Gasteiger charge is 2.23. The molecular weight excluding hydrogens is 245 g/mol. The van der Waals surface area contributed by atoms with E-state index in [-0.39, 0.29) is 18.0 Å². The van der Waals surface area contributed by atoms with E-state index in [0.717, 1.165) is 24.2 Å². The highest BCUT2D eigenvalue weighted by Crippen LogP contribution is 2.28. The van der Waals surface area contributed by atoms with Gasteiger partial charge in [-0.25, -0.2) is 4.39 Å². The standard InChI is InChI=1S/C15H22FNO2/c1-10(2)5-13(18)8-17-9-14-7-11-6-12(16)3-4-15(11)19-14/h3-4,6,10,13-14,17-18H,5,7-9H2,1-2H3. The van der Waals surface area contributed by atoms with Crippen molar-refractivity contribution in [1.29, 1.82) is 0 Å². The summed E-state index contributed by atoms with van der Waals surface area (Å²) in [6, 6.07) is 4.63. The topological polar surface area (TPSA) is 41.5 Å². The summed E-state index contributed by atoms with van der Waals surface area (Å²) in [5, 5.41) is 13.0. The van der Waals surface area contributed by atoms with E-state index in [2.05, 4.69) is 19.2 Å². The summed E-state index contributed by atoms with van der Waals surface area (Å²) in [5.41, 5.74) is 0.925. The van der Waals surface area contributed by atoms with Crippen LogP contribution in [0, 0.1) is 11.7 Å². The van der Waals surface area contributed by atoms with Crippen LogP contribution in [0.25, 0.3) is 0 Å². The van der Waals surface area contributed by atoms with Crippen LogP contribution in [-0.4, -0.2) is 30.4 Å². The first kappa shape index (κ1) is 14.3. The Morgan fingerprint density at radius 3 is 3.00 bits per heavy atom. The SMILES string of the molecule is CC(C)CC(O)CNCC1Cc2cc(F)ccc2O1. The first-order valence-electron chi connectivity index (χ1n) is 6.88. The van der Waals surface area contributed by atoms with Crippen molar-refractivity contribution < 1.29 is 14.2 Å². The van der Waals surface area contributed by atoms with Crippen LogP contribution in [-0.2, 0) is 6.42 Å². The van der Waals surface area contributed by atoms with E-state index in [0.29, 0.717) is 19.0 Å². The fourth-order valence-corrected chi connectivity index (χ4v) is 2.44. The molecule has 2 rings (SSSR count). The maximum Gasteiger partial charge on any atom is 0.123 e. The van der Waals surface area contributed by atoms with Crippen molar-refractivity contribution in [3.8, 4) is 5.75 Å². The minimum absolute atomic E-state index is 0.0306. The summed E-state index contributed by atoms with van der Waals surface area (Å²) in [5.74, 6) is 1.05. The fourth-order valence-electron chi connectivity index (χ4n) is 2.44. The molecule has 0 saturated carbocycles. The monoisotopic (exact) mass is 267 g/mol. The molecule has 0 radical (unpaired) electrons. The third-order valence-corrected chi connectivity index (χ3v) is 3.26. The van der Waals surface area contributed by atoms with E-state index in [1.807, 2.05) is 0 Å². The molecule has 0 fully saturated rings. The molecule has 0 aliphatic carbocycles. The summed E-state index contributed by atoms with van der Waals surface area (Å²) in [4.78, 5) is 0. The lowest BCUT2D eigenvalue weighted by atomic mass is 10.1. The summed E-state index contributed by atoms with van der Waals surface area (Å²) in [7, 11) is 0. The van der Waals surface area contributed by atoms with Gasteiger partial charge in [0, 0.05) is 25.1 Å². The van der Waals surface area contributed by atoms with E-state index in [1.54, 1.807) is 6.07 Å². The van der Waals surface area contributed by atoms with E-state index < -0.39 is 0 Å². The molecule has 2 atom stereocenters. The molecule has 2 N–H and O–H groups in total. The van der Waals surface area contributed by atoms with Crippen molar-refractivity contribution in [3.05, 3.63) is 29.6 Å². The van der Waals surface area contributed by atoms with Crippen LogP contribution in [0.5, 0.6) is 5.75 Å².